The molecular weight excluding hydrogens is 691 g/mol. The van der Waals surface area contributed by atoms with Gasteiger partial charge < -0.3 is 24.8 Å². The van der Waals surface area contributed by atoms with Crippen LogP contribution >= 0.6 is 0 Å². The molecule has 0 aliphatic heterocycles. The predicted molar refractivity (Wildman–Crippen MR) is 230 cm³/mol. The SMILES string of the molecule is CCCCCCCCC(CCCCCC)C(=O)OCCCC[C@H](O)CN(CCCO)C[C@@H](O)CCCCOC(=O)C(CCCCCC)CCCCCCCC. The predicted octanol–water partition coefficient (Wildman–Crippen LogP) is 11.5. The smallest absolute Gasteiger partial charge is 0.308 e. The Bertz CT molecular complexity index is 765. The van der Waals surface area contributed by atoms with Crippen molar-refractivity contribution in [3.63, 3.8) is 0 Å². The molecular formula is C47H93NO7. The summed E-state index contributed by atoms with van der Waals surface area (Å²) in [6.07, 6.45) is 31.5. The minimum Gasteiger partial charge on any atom is -0.465 e. The Hall–Kier alpha value is -1.22. The van der Waals surface area contributed by atoms with Crippen LogP contribution in [0.15, 0.2) is 0 Å². The minimum absolute atomic E-state index is 0.00679. The van der Waals surface area contributed by atoms with Gasteiger partial charge in [-0.3, -0.25) is 14.5 Å². The topological polar surface area (TPSA) is 117 Å². The third kappa shape index (κ3) is 34.5. The van der Waals surface area contributed by atoms with E-state index in [1.807, 2.05) is 4.90 Å². The lowest BCUT2D eigenvalue weighted by Crippen LogP contribution is -2.39. The number of hydrogen-bond donors (Lipinski definition) is 3. The summed E-state index contributed by atoms with van der Waals surface area (Å²) in [5, 5.41) is 31.1. The van der Waals surface area contributed by atoms with E-state index < -0.39 is 12.2 Å². The molecule has 0 aliphatic rings. The summed E-state index contributed by atoms with van der Waals surface area (Å²) in [4.78, 5) is 28.0. The fourth-order valence-electron chi connectivity index (χ4n) is 7.61. The number of ether oxygens (including phenoxy) is 2. The highest BCUT2D eigenvalue weighted by Crippen LogP contribution is 2.22. The molecule has 2 unspecified atom stereocenters. The van der Waals surface area contributed by atoms with Crippen LogP contribution in [0.2, 0.25) is 0 Å². The summed E-state index contributed by atoms with van der Waals surface area (Å²) >= 11 is 0. The first-order valence-electron chi connectivity index (χ1n) is 23.8. The molecule has 0 aromatic carbocycles. The van der Waals surface area contributed by atoms with Crippen LogP contribution < -0.4 is 0 Å². The van der Waals surface area contributed by atoms with Crippen molar-refractivity contribution in [3.8, 4) is 0 Å². The van der Waals surface area contributed by atoms with Crippen molar-refractivity contribution in [1.82, 2.24) is 4.90 Å². The molecule has 0 bridgehead atoms. The van der Waals surface area contributed by atoms with E-state index in [9.17, 15) is 24.9 Å². The molecule has 0 aromatic rings. The molecule has 8 nitrogen and oxygen atoms in total. The molecule has 55 heavy (non-hydrogen) atoms. The first-order chi connectivity index (χ1) is 26.8. The van der Waals surface area contributed by atoms with Crippen molar-refractivity contribution in [3.05, 3.63) is 0 Å². The summed E-state index contributed by atoms with van der Waals surface area (Å²) in [5.41, 5.74) is 0. The normalized spacial score (nSPS) is 13.9. The van der Waals surface area contributed by atoms with Gasteiger partial charge in [0.05, 0.1) is 37.3 Å². The van der Waals surface area contributed by atoms with Gasteiger partial charge >= 0.3 is 11.9 Å². The number of unbranched alkanes of at least 4 members (excludes halogenated alkanes) is 18. The number of carbonyl (C=O) groups is 2. The van der Waals surface area contributed by atoms with Gasteiger partial charge in [0.2, 0.25) is 0 Å². The van der Waals surface area contributed by atoms with Gasteiger partial charge in [-0.25, -0.2) is 0 Å². The number of carbonyl (C=O) groups excluding carboxylic acids is 2. The minimum atomic E-state index is -0.550. The summed E-state index contributed by atoms with van der Waals surface area (Å²) in [7, 11) is 0. The molecule has 0 heterocycles. The number of hydrogen-bond acceptors (Lipinski definition) is 8. The number of aliphatic hydroxyl groups is 3. The molecule has 0 amide bonds. The van der Waals surface area contributed by atoms with E-state index in [-0.39, 0.29) is 30.4 Å². The third-order valence-corrected chi connectivity index (χ3v) is 11.2. The Morgan fingerprint density at radius 2 is 0.745 bits per heavy atom. The molecule has 4 atom stereocenters. The first-order valence-corrected chi connectivity index (χ1v) is 23.8. The van der Waals surface area contributed by atoms with E-state index in [1.54, 1.807) is 0 Å². The molecule has 0 saturated carbocycles. The van der Waals surface area contributed by atoms with E-state index in [2.05, 4.69) is 27.7 Å². The van der Waals surface area contributed by atoms with Crippen molar-refractivity contribution in [2.45, 2.75) is 239 Å². The second-order valence-corrected chi connectivity index (χ2v) is 16.7. The van der Waals surface area contributed by atoms with Gasteiger partial charge in [-0.2, -0.15) is 0 Å². The second-order valence-electron chi connectivity index (χ2n) is 16.7. The lowest BCUT2D eigenvalue weighted by atomic mass is 9.94. The Morgan fingerprint density at radius 3 is 1.09 bits per heavy atom. The van der Waals surface area contributed by atoms with Crippen LogP contribution in [0.25, 0.3) is 0 Å². The molecule has 0 aromatic heterocycles. The second kappa shape index (κ2) is 41.0. The molecule has 0 radical (unpaired) electrons. The van der Waals surface area contributed by atoms with E-state index in [1.165, 1.54) is 103 Å². The zero-order valence-electron chi connectivity index (χ0n) is 36.9. The monoisotopic (exact) mass is 784 g/mol. The maximum absolute atomic E-state index is 13.0. The summed E-state index contributed by atoms with van der Waals surface area (Å²) in [5.74, 6) is -0.0727. The van der Waals surface area contributed by atoms with Crippen LogP contribution in [0.4, 0.5) is 0 Å². The highest BCUT2D eigenvalue weighted by molar-refractivity contribution is 5.72. The molecule has 0 rings (SSSR count). The maximum Gasteiger partial charge on any atom is 0.308 e. The molecule has 3 N–H and O–H groups in total. The van der Waals surface area contributed by atoms with Crippen LogP contribution in [0, 0.1) is 11.8 Å². The van der Waals surface area contributed by atoms with E-state index in [4.69, 9.17) is 9.47 Å². The largest absolute Gasteiger partial charge is 0.465 e. The highest BCUT2D eigenvalue weighted by Gasteiger charge is 2.21. The summed E-state index contributed by atoms with van der Waals surface area (Å²) < 4.78 is 11.5. The quantitative estimate of drug-likeness (QED) is 0.0413. The van der Waals surface area contributed by atoms with E-state index in [0.29, 0.717) is 52.1 Å². The molecule has 0 fully saturated rings. The summed E-state index contributed by atoms with van der Waals surface area (Å²) in [6.45, 7) is 11.2. The number of rotatable bonds is 43. The Labute approximate surface area is 340 Å². The maximum atomic E-state index is 13.0. The average Bonchev–Trinajstić information content (AvgIpc) is 3.17. The van der Waals surface area contributed by atoms with Crippen molar-refractivity contribution < 1.29 is 34.4 Å². The van der Waals surface area contributed by atoms with Gasteiger partial charge in [-0.1, -0.05) is 156 Å². The number of esters is 2. The van der Waals surface area contributed by atoms with Gasteiger partial charge in [0.15, 0.2) is 0 Å². The summed E-state index contributed by atoms with van der Waals surface area (Å²) in [6, 6.07) is 0. The van der Waals surface area contributed by atoms with Gasteiger partial charge in [0.1, 0.15) is 0 Å². The van der Waals surface area contributed by atoms with Gasteiger partial charge in [0.25, 0.3) is 0 Å². The van der Waals surface area contributed by atoms with Crippen LogP contribution in [0.1, 0.15) is 227 Å². The lowest BCUT2D eigenvalue weighted by Gasteiger charge is -2.27. The van der Waals surface area contributed by atoms with Crippen molar-refractivity contribution in [2.24, 2.45) is 11.8 Å². The molecule has 328 valence electrons. The lowest BCUT2D eigenvalue weighted by molar-refractivity contribution is -0.150. The van der Waals surface area contributed by atoms with E-state index >= 15 is 0 Å². The molecule has 8 heteroatoms. The number of aliphatic hydroxyl groups excluding tert-OH is 3. The van der Waals surface area contributed by atoms with Crippen LogP contribution in [-0.4, -0.2) is 83.8 Å². The van der Waals surface area contributed by atoms with Crippen LogP contribution in [0.3, 0.4) is 0 Å². The fourth-order valence-corrected chi connectivity index (χ4v) is 7.61. The van der Waals surface area contributed by atoms with Crippen LogP contribution in [0.5, 0.6) is 0 Å². The standard InChI is InChI=1S/C47H93NO7/c1-5-9-13-17-19-23-32-42(30-21-15-11-7-3)46(52)54-38-27-25-34-44(50)40-48(36-29-37-49)41-45(51)35-26-28-39-55-47(53)43(31-22-16-12-8-4)33-24-20-18-14-10-6-2/h42-45,49-51H,5-41H2,1-4H3/t42?,43?,44-,45-/m0/s1. The van der Waals surface area contributed by atoms with Gasteiger partial charge in [-0.05, 0) is 70.6 Å². The molecule has 0 spiro atoms. The van der Waals surface area contributed by atoms with Crippen molar-refractivity contribution in [1.29, 1.82) is 0 Å². The fraction of sp³-hybridized carbons (Fsp3) is 0.957. The molecule has 0 saturated heterocycles. The van der Waals surface area contributed by atoms with E-state index in [0.717, 1.165) is 77.0 Å². The van der Waals surface area contributed by atoms with Gasteiger partial charge in [-0.15, -0.1) is 0 Å². The first kappa shape index (κ1) is 53.8. The highest BCUT2D eigenvalue weighted by atomic mass is 16.5. The third-order valence-electron chi connectivity index (χ3n) is 11.2. The Balaban J connectivity index is 4.53. The molecule has 0 aliphatic carbocycles. The van der Waals surface area contributed by atoms with Crippen molar-refractivity contribution >= 4 is 11.9 Å². The number of nitrogens with zero attached hydrogens (tertiary/aromatic N) is 1. The zero-order chi connectivity index (χ0) is 40.6. The average molecular weight is 784 g/mol. The zero-order valence-corrected chi connectivity index (χ0v) is 36.9. The van der Waals surface area contributed by atoms with Crippen LogP contribution in [-0.2, 0) is 19.1 Å². The van der Waals surface area contributed by atoms with Gasteiger partial charge in [0, 0.05) is 26.2 Å². The Morgan fingerprint density at radius 1 is 0.436 bits per heavy atom. The van der Waals surface area contributed by atoms with Crippen molar-refractivity contribution in [2.75, 3.05) is 39.5 Å². The Kier molecular flexibility index (Phi) is 40.0.